The molecule has 0 saturated heterocycles. The fourth-order valence-electron chi connectivity index (χ4n) is 1.37. The number of nitrogens with zero attached hydrogens (tertiary/aromatic N) is 1. The molecule has 0 aliphatic carbocycles. The standard InChI is InChI=1S/C9H11NOS/c11-7-10-5-6-12-9-4-2-1-3-8(9)10/h1-4,11H,5-7H2. The number of hydrogen-bond donors (Lipinski definition) is 1. The molecule has 1 heterocycles. The highest BCUT2D eigenvalue weighted by Gasteiger charge is 2.14. The van der Waals surface area contributed by atoms with Gasteiger partial charge in [-0.15, -0.1) is 11.8 Å². The molecule has 0 bridgehead atoms. The van der Waals surface area contributed by atoms with Crippen LogP contribution in [-0.2, 0) is 0 Å². The Hall–Kier alpha value is -0.670. The third-order valence-corrected chi connectivity index (χ3v) is 3.04. The van der Waals surface area contributed by atoms with E-state index in [-0.39, 0.29) is 6.73 Å². The molecule has 2 rings (SSSR count). The number of aliphatic hydroxyl groups is 1. The summed E-state index contributed by atoms with van der Waals surface area (Å²) < 4.78 is 0. The number of para-hydroxylation sites is 1. The summed E-state index contributed by atoms with van der Waals surface area (Å²) in [6, 6.07) is 8.19. The van der Waals surface area contributed by atoms with Crippen molar-refractivity contribution in [3.05, 3.63) is 24.3 Å². The van der Waals surface area contributed by atoms with Gasteiger partial charge in [0.05, 0.1) is 5.69 Å². The van der Waals surface area contributed by atoms with Crippen LogP contribution in [-0.4, -0.2) is 24.1 Å². The van der Waals surface area contributed by atoms with Crippen LogP contribution in [0.3, 0.4) is 0 Å². The normalized spacial score (nSPS) is 15.9. The summed E-state index contributed by atoms with van der Waals surface area (Å²) in [6.45, 7) is 1.07. The monoisotopic (exact) mass is 181 g/mol. The summed E-state index contributed by atoms with van der Waals surface area (Å²) in [5.74, 6) is 1.07. The first-order valence-corrected chi connectivity index (χ1v) is 4.98. The molecule has 1 aromatic carbocycles. The first kappa shape index (κ1) is 7.95. The van der Waals surface area contributed by atoms with E-state index in [2.05, 4.69) is 12.1 Å². The zero-order chi connectivity index (χ0) is 8.39. The van der Waals surface area contributed by atoms with Crippen molar-refractivity contribution in [2.24, 2.45) is 0 Å². The van der Waals surface area contributed by atoms with E-state index in [1.165, 1.54) is 4.90 Å². The minimum atomic E-state index is 0.123. The number of fused-ring (bicyclic) bond motifs is 1. The van der Waals surface area contributed by atoms with Crippen LogP contribution in [0, 0.1) is 0 Å². The average Bonchev–Trinajstić information content (AvgIpc) is 2.17. The molecule has 0 aromatic heterocycles. The van der Waals surface area contributed by atoms with Gasteiger partial charge in [0.25, 0.3) is 0 Å². The highest BCUT2D eigenvalue weighted by molar-refractivity contribution is 7.99. The predicted octanol–water partition coefficient (Wildman–Crippen LogP) is 1.55. The summed E-state index contributed by atoms with van der Waals surface area (Å²) in [7, 11) is 0. The molecular weight excluding hydrogens is 170 g/mol. The van der Waals surface area contributed by atoms with Gasteiger partial charge in [-0.25, -0.2) is 0 Å². The third-order valence-electron chi connectivity index (χ3n) is 2.00. The second-order valence-corrected chi connectivity index (χ2v) is 3.86. The van der Waals surface area contributed by atoms with Gasteiger partial charge in [-0.2, -0.15) is 0 Å². The largest absolute Gasteiger partial charge is 0.376 e. The molecule has 0 saturated carbocycles. The van der Waals surface area contributed by atoms with Gasteiger partial charge in [0.1, 0.15) is 6.73 Å². The zero-order valence-corrected chi connectivity index (χ0v) is 7.55. The molecule has 64 valence electrons. The smallest absolute Gasteiger partial charge is 0.115 e. The Bertz CT molecular complexity index is 277. The van der Waals surface area contributed by atoms with Crippen molar-refractivity contribution in [2.75, 3.05) is 23.9 Å². The van der Waals surface area contributed by atoms with Crippen LogP contribution in [0.2, 0.25) is 0 Å². The van der Waals surface area contributed by atoms with Gasteiger partial charge in [-0.3, -0.25) is 0 Å². The maximum Gasteiger partial charge on any atom is 0.115 e. The maximum absolute atomic E-state index is 9.05. The van der Waals surface area contributed by atoms with Gasteiger partial charge in [0.2, 0.25) is 0 Å². The second kappa shape index (κ2) is 3.37. The number of anilines is 1. The van der Waals surface area contributed by atoms with Crippen LogP contribution in [0.5, 0.6) is 0 Å². The molecule has 2 nitrogen and oxygen atoms in total. The van der Waals surface area contributed by atoms with E-state index in [1.807, 2.05) is 28.8 Å². The van der Waals surface area contributed by atoms with E-state index >= 15 is 0 Å². The van der Waals surface area contributed by atoms with Crippen LogP contribution in [0.1, 0.15) is 0 Å². The van der Waals surface area contributed by atoms with E-state index in [0.29, 0.717) is 0 Å². The Morgan fingerprint density at radius 3 is 3.08 bits per heavy atom. The first-order valence-electron chi connectivity index (χ1n) is 3.99. The van der Waals surface area contributed by atoms with E-state index < -0.39 is 0 Å². The number of aliphatic hydroxyl groups excluding tert-OH is 1. The molecule has 1 aromatic rings. The minimum absolute atomic E-state index is 0.123. The van der Waals surface area contributed by atoms with E-state index in [0.717, 1.165) is 18.0 Å². The predicted molar refractivity (Wildman–Crippen MR) is 51.6 cm³/mol. The van der Waals surface area contributed by atoms with Crippen molar-refractivity contribution in [2.45, 2.75) is 4.90 Å². The van der Waals surface area contributed by atoms with Crippen molar-refractivity contribution in [1.29, 1.82) is 0 Å². The Kier molecular flexibility index (Phi) is 2.23. The highest BCUT2D eigenvalue weighted by atomic mass is 32.2. The molecule has 12 heavy (non-hydrogen) atoms. The molecule has 0 amide bonds. The van der Waals surface area contributed by atoms with Gasteiger partial charge >= 0.3 is 0 Å². The van der Waals surface area contributed by atoms with Gasteiger partial charge in [-0.05, 0) is 12.1 Å². The third kappa shape index (κ3) is 1.30. The van der Waals surface area contributed by atoms with Crippen LogP contribution in [0.15, 0.2) is 29.2 Å². The summed E-state index contributed by atoms with van der Waals surface area (Å²) in [5.41, 5.74) is 1.16. The van der Waals surface area contributed by atoms with E-state index in [9.17, 15) is 0 Å². The Morgan fingerprint density at radius 1 is 1.42 bits per heavy atom. The second-order valence-electron chi connectivity index (χ2n) is 2.72. The average molecular weight is 181 g/mol. The Labute approximate surface area is 76.2 Å². The fraction of sp³-hybridized carbons (Fsp3) is 0.333. The lowest BCUT2D eigenvalue weighted by molar-refractivity contribution is 0.292. The number of thioether (sulfide) groups is 1. The van der Waals surface area contributed by atoms with Crippen molar-refractivity contribution in [3.63, 3.8) is 0 Å². The maximum atomic E-state index is 9.05. The van der Waals surface area contributed by atoms with Crippen LogP contribution >= 0.6 is 11.8 Å². The molecule has 0 unspecified atom stereocenters. The zero-order valence-electron chi connectivity index (χ0n) is 6.73. The molecule has 3 heteroatoms. The molecule has 0 atom stereocenters. The quantitative estimate of drug-likeness (QED) is 0.711. The van der Waals surface area contributed by atoms with Crippen molar-refractivity contribution in [1.82, 2.24) is 0 Å². The number of rotatable bonds is 1. The van der Waals surface area contributed by atoms with Crippen molar-refractivity contribution < 1.29 is 5.11 Å². The summed E-state index contributed by atoms with van der Waals surface area (Å²) in [5, 5.41) is 9.05. The number of benzene rings is 1. The summed E-state index contributed by atoms with van der Waals surface area (Å²) in [6.07, 6.45) is 0. The molecule has 0 radical (unpaired) electrons. The fourth-order valence-corrected chi connectivity index (χ4v) is 2.43. The minimum Gasteiger partial charge on any atom is -0.376 e. The Balaban J connectivity index is 2.37. The van der Waals surface area contributed by atoms with Crippen LogP contribution < -0.4 is 4.90 Å². The summed E-state index contributed by atoms with van der Waals surface area (Å²) in [4.78, 5) is 3.27. The topological polar surface area (TPSA) is 23.5 Å². The lowest BCUT2D eigenvalue weighted by Gasteiger charge is -2.28. The first-order chi connectivity index (χ1) is 5.92. The molecule has 1 N–H and O–H groups in total. The molecular formula is C9H11NOS. The summed E-state index contributed by atoms with van der Waals surface area (Å²) >= 11 is 1.86. The molecule has 1 aliphatic heterocycles. The molecule has 1 aliphatic rings. The van der Waals surface area contributed by atoms with Crippen molar-refractivity contribution in [3.8, 4) is 0 Å². The SMILES string of the molecule is OCN1CCSc2ccccc21. The highest BCUT2D eigenvalue weighted by Crippen LogP contribution is 2.33. The van der Waals surface area contributed by atoms with Gasteiger partial charge in [0, 0.05) is 17.2 Å². The van der Waals surface area contributed by atoms with Gasteiger partial charge < -0.3 is 10.0 Å². The van der Waals surface area contributed by atoms with Gasteiger partial charge in [0.15, 0.2) is 0 Å². The van der Waals surface area contributed by atoms with Crippen LogP contribution in [0.25, 0.3) is 0 Å². The molecule has 0 spiro atoms. The lowest BCUT2D eigenvalue weighted by atomic mass is 10.3. The number of hydrogen-bond acceptors (Lipinski definition) is 3. The van der Waals surface area contributed by atoms with Gasteiger partial charge in [-0.1, -0.05) is 12.1 Å². The van der Waals surface area contributed by atoms with E-state index in [4.69, 9.17) is 5.11 Å². The van der Waals surface area contributed by atoms with Crippen molar-refractivity contribution >= 4 is 17.4 Å². The lowest BCUT2D eigenvalue weighted by Crippen LogP contribution is -2.29. The van der Waals surface area contributed by atoms with E-state index in [1.54, 1.807) is 0 Å². The molecule has 0 fully saturated rings. The Morgan fingerprint density at radius 2 is 2.25 bits per heavy atom. The van der Waals surface area contributed by atoms with Crippen LogP contribution in [0.4, 0.5) is 5.69 Å².